The number of nitrogens with zero attached hydrogens (tertiary/aromatic N) is 1. The van der Waals surface area contributed by atoms with Gasteiger partial charge in [-0.25, -0.2) is 0 Å². The number of hydrogen-bond acceptors (Lipinski definition) is 2. The quantitative estimate of drug-likeness (QED) is 0.583. The Labute approximate surface area is 168 Å². The Bertz CT molecular complexity index is 916. The smallest absolute Gasteiger partial charge is 0.134 e. The second-order valence-corrected chi connectivity index (χ2v) is 7.17. The van der Waals surface area contributed by atoms with Crippen LogP contribution in [0.15, 0.2) is 102 Å². The van der Waals surface area contributed by atoms with Crippen molar-refractivity contribution in [1.29, 1.82) is 0 Å². The summed E-state index contributed by atoms with van der Waals surface area (Å²) in [5.74, 6) is 0.651. The molecule has 2 nitrogen and oxygen atoms in total. The number of amidine groups is 1. The number of aryl methyl sites for hydroxylation is 2. The molecule has 0 saturated carbocycles. The summed E-state index contributed by atoms with van der Waals surface area (Å²) in [7, 11) is 0. The Morgan fingerprint density at radius 1 is 0.893 bits per heavy atom. The Hall–Kier alpha value is -3.13. The molecule has 0 spiro atoms. The molecular formula is C26H28N2. The van der Waals surface area contributed by atoms with E-state index in [4.69, 9.17) is 10.7 Å². The largest absolute Gasteiger partial charge is 0.387 e. The standard InChI is InChI=1S/C17H16N2.C9H12/c1-13-12-16(18)19-17(13,14-8-4-2-5-9-14)15-10-6-3-7-11-15;1-3-9-6-4-5-8(2)7-9/h2-11H,1,12H2,(H2,18,19);4-7H,3H2,1-2H3. The summed E-state index contributed by atoms with van der Waals surface area (Å²) >= 11 is 0. The summed E-state index contributed by atoms with van der Waals surface area (Å²) in [4.78, 5) is 4.74. The van der Waals surface area contributed by atoms with E-state index in [0.29, 0.717) is 12.3 Å². The van der Waals surface area contributed by atoms with E-state index in [0.717, 1.165) is 23.1 Å². The van der Waals surface area contributed by atoms with Crippen LogP contribution >= 0.6 is 0 Å². The van der Waals surface area contributed by atoms with Crippen LogP contribution in [-0.2, 0) is 12.0 Å². The molecule has 28 heavy (non-hydrogen) atoms. The number of rotatable bonds is 3. The van der Waals surface area contributed by atoms with Crippen molar-refractivity contribution in [2.24, 2.45) is 10.7 Å². The highest BCUT2D eigenvalue weighted by atomic mass is 15.0. The molecule has 1 aliphatic heterocycles. The first-order chi connectivity index (χ1) is 13.6. The van der Waals surface area contributed by atoms with Crippen molar-refractivity contribution in [3.63, 3.8) is 0 Å². The van der Waals surface area contributed by atoms with Gasteiger partial charge in [0.05, 0.1) is 5.84 Å². The lowest BCUT2D eigenvalue weighted by atomic mass is 9.78. The molecule has 142 valence electrons. The van der Waals surface area contributed by atoms with Crippen LogP contribution < -0.4 is 5.73 Å². The molecule has 0 bridgehead atoms. The van der Waals surface area contributed by atoms with Gasteiger partial charge in [0.15, 0.2) is 0 Å². The van der Waals surface area contributed by atoms with Crippen molar-refractivity contribution in [3.05, 3.63) is 119 Å². The highest BCUT2D eigenvalue weighted by Crippen LogP contribution is 2.44. The minimum atomic E-state index is -0.521. The van der Waals surface area contributed by atoms with E-state index in [1.165, 1.54) is 11.1 Å². The summed E-state index contributed by atoms with van der Waals surface area (Å²) in [6.45, 7) is 8.52. The first-order valence-electron chi connectivity index (χ1n) is 9.75. The van der Waals surface area contributed by atoms with Gasteiger partial charge < -0.3 is 5.73 Å². The van der Waals surface area contributed by atoms with E-state index < -0.39 is 5.54 Å². The summed E-state index contributed by atoms with van der Waals surface area (Å²) in [6.07, 6.45) is 1.80. The topological polar surface area (TPSA) is 38.4 Å². The second-order valence-electron chi connectivity index (χ2n) is 7.17. The predicted molar refractivity (Wildman–Crippen MR) is 120 cm³/mol. The van der Waals surface area contributed by atoms with Gasteiger partial charge in [0.1, 0.15) is 5.54 Å². The minimum absolute atomic E-state index is 0.521. The summed E-state index contributed by atoms with van der Waals surface area (Å²) in [5, 5.41) is 0. The molecule has 0 aliphatic carbocycles. The SMILES string of the molecule is C=C1CC(N)=NC1(c1ccccc1)c1ccccc1.CCc1cccc(C)c1. The first-order valence-corrected chi connectivity index (χ1v) is 9.75. The number of aliphatic imine (C=N–C) groups is 1. The molecule has 0 saturated heterocycles. The molecule has 4 rings (SSSR count). The third-order valence-electron chi connectivity index (χ3n) is 5.09. The maximum atomic E-state index is 5.96. The van der Waals surface area contributed by atoms with Gasteiger partial charge in [-0.2, -0.15) is 0 Å². The average molecular weight is 369 g/mol. The van der Waals surface area contributed by atoms with E-state index in [1.54, 1.807) is 0 Å². The van der Waals surface area contributed by atoms with Crippen molar-refractivity contribution < 1.29 is 0 Å². The second kappa shape index (κ2) is 8.71. The summed E-state index contributed by atoms with van der Waals surface area (Å²) in [5.41, 5.74) is 11.5. The molecule has 1 heterocycles. The van der Waals surface area contributed by atoms with Gasteiger partial charge >= 0.3 is 0 Å². The summed E-state index contributed by atoms with van der Waals surface area (Å²) < 4.78 is 0. The van der Waals surface area contributed by atoms with Crippen LogP contribution in [-0.4, -0.2) is 5.84 Å². The van der Waals surface area contributed by atoms with Crippen molar-refractivity contribution in [2.75, 3.05) is 0 Å². The monoisotopic (exact) mass is 368 g/mol. The molecule has 1 aliphatic rings. The third kappa shape index (κ3) is 4.07. The van der Waals surface area contributed by atoms with Gasteiger partial charge in [0, 0.05) is 6.42 Å². The lowest BCUT2D eigenvalue weighted by Crippen LogP contribution is -2.24. The molecule has 3 aromatic rings. The maximum Gasteiger partial charge on any atom is 0.134 e. The van der Waals surface area contributed by atoms with Gasteiger partial charge in [-0.15, -0.1) is 0 Å². The van der Waals surface area contributed by atoms with Gasteiger partial charge in [0.2, 0.25) is 0 Å². The number of hydrogen-bond donors (Lipinski definition) is 1. The van der Waals surface area contributed by atoms with Crippen LogP contribution in [0.3, 0.4) is 0 Å². The highest BCUT2D eigenvalue weighted by Gasteiger charge is 2.40. The molecule has 0 atom stereocenters. The minimum Gasteiger partial charge on any atom is -0.387 e. The van der Waals surface area contributed by atoms with Gasteiger partial charge in [0.25, 0.3) is 0 Å². The zero-order valence-corrected chi connectivity index (χ0v) is 16.7. The molecule has 0 aromatic heterocycles. The van der Waals surface area contributed by atoms with Crippen LogP contribution in [0.1, 0.15) is 35.6 Å². The van der Waals surface area contributed by atoms with E-state index in [2.05, 4.69) is 69.0 Å². The van der Waals surface area contributed by atoms with Gasteiger partial charge in [-0.1, -0.05) is 104 Å². The normalized spacial score (nSPS) is 14.8. The third-order valence-corrected chi connectivity index (χ3v) is 5.09. The van der Waals surface area contributed by atoms with Crippen molar-refractivity contribution in [1.82, 2.24) is 0 Å². The Balaban J connectivity index is 0.000000211. The highest BCUT2D eigenvalue weighted by molar-refractivity contribution is 5.88. The average Bonchev–Trinajstić information content (AvgIpc) is 3.04. The Morgan fingerprint density at radius 3 is 1.86 bits per heavy atom. The van der Waals surface area contributed by atoms with Crippen molar-refractivity contribution in [2.45, 2.75) is 32.2 Å². The van der Waals surface area contributed by atoms with Crippen molar-refractivity contribution in [3.8, 4) is 0 Å². The maximum absolute atomic E-state index is 5.96. The molecule has 2 N–H and O–H groups in total. The molecule has 3 aromatic carbocycles. The lowest BCUT2D eigenvalue weighted by molar-refractivity contribution is 0.662. The fourth-order valence-electron chi connectivity index (χ4n) is 3.68. The van der Waals surface area contributed by atoms with E-state index in [9.17, 15) is 0 Å². The number of nitrogens with two attached hydrogens (primary N) is 1. The first kappa shape index (κ1) is 19.6. The molecule has 0 fully saturated rings. The van der Waals surface area contributed by atoms with Crippen molar-refractivity contribution >= 4 is 5.84 Å². The molecular weight excluding hydrogens is 340 g/mol. The lowest BCUT2D eigenvalue weighted by Gasteiger charge is -2.29. The van der Waals surface area contributed by atoms with Crippen LogP contribution in [0, 0.1) is 6.92 Å². The van der Waals surface area contributed by atoms with Crippen LogP contribution in [0.4, 0.5) is 0 Å². The van der Waals surface area contributed by atoms with Gasteiger partial charge in [-0.3, -0.25) is 4.99 Å². The van der Waals surface area contributed by atoms with Crippen LogP contribution in [0.25, 0.3) is 0 Å². The zero-order valence-electron chi connectivity index (χ0n) is 16.7. The fraction of sp³-hybridized carbons (Fsp3) is 0.192. The molecule has 2 heteroatoms. The predicted octanol–water partition coefficient (Wildman–Crippen LogP) is 5.80. The van der Waals surface area contributed by atoms with Gasteiger partial charge in [-0.05, 0) is 35.6 Å². The molecule has 0 amide bonds. The van der Waals surface area contributed by atoms with Crippen LogP contribution in [0.5, 0.6) is 0 Å². The molecule has 0 radical (unpaired) electrons. The summed E-state index contributed by atoms with van der Waals surface area (Å²) in [6, 6.07) is 29.1. The Morgan fingerprint density at radius 2 is 1.46 bits per heavy atom. The van der Waals surface area contributed by atoms with E-state index >= 15 is 0 Å². The fourth-order valence-corrected chi connectivity index (χ4v) is 3.68. The van der Waals surface area contributed by atoms with E-state index in [1.807, 2.05) is 36.4 Å². The zero-order chi connectivity index (χ0) is 20.0. The van der Waals surface area contributed by atoms with E-state index in [-0.39, 0.29) is 0 Å². The van der Waals surface area contributed by atoms with Crippen LogP contribution in [0.2, 0.25) is 0 Å². The molecule has 0 unspecified atom stereocenters. The number of benzene rings is 3. The Kier molecular flexibility index (Phi) is 6.10.